The fraction of sp³-hybridized carbons (Fsp3) is 0.483. The highest BCUT2D eigenvalue weighted by molar-refractivity contribution is 5.89. The molecule has 0 spiro atoms. The third-order valence-electron chi connectivity index (χ3n) is 9.51. The Kier molecular flexibility index (Phi) is 4.76. The molecule has 186 valence electrons. The molecule has 1 N–H and O–H groups in total. The number of ether oxygens (including phenoxy) is 1. The van der Waals surface area contributed by atoms with Crippen LogP contribution in [0.4, 0.5) is 5.69 Å². The Bertz CT molecular complexity index is 1340. The molecular formula is C29H31N3O4. The lowest BCUT2D eigenvalue weighted by Crippen LogP contribution is -2.56. The summed E-state index contributed by atoms with van der Waals surface area (Å²) in [6.07, 6.45) is 7.75. The number of aromatic amines is 1. The van der Waals surface area contributed by atoms with Crippen LogP contribution in [0.1, 0.15) is 61.4 Å². The number of carbonyl (C=O) groups excluding carboxylic acids is 1. The average Bonchev–Trinajstić information content (AvgIpc) is 3.24. The number of nitrogens with one attached hydrogen (secondary N) is 1. The molecule has 4 bridgehead atoms. The van der Waals surface area contributed by atoms with E-state index in [-0.39, 0.29) is 22.1 Å². The van der Waals surface area contributed by atoms with Crippen LogP contribution >= 0.6 is 0 Å². The van der Waals surface area contributed by atoms with Crippen molar-refractivity contribution >= 4 is 22.5 Å². The zero-order chi connectivity index (χ0) is 24.6. The predicted octanol–water partition coefficient (Wildman–Crippen LogP) is 5.78. The van der Waals surface area contributed by atoms with E-state index in [1.807, 2.05) is 24.3 Å². The van der Waals surface area contributed by atoms with Crippen molar-refractivity contribution in [1.82, 2.24) is 9.88 Å². The van der Waals surface area contributed by atoms with E-state index in [0.717, 1.165) is 53.6 Å². The topological polar surface area (TPSA) is 88.5 Å². The van der Waals surface area contributed by atoms with Crippen molar-refractivity contribution in [3.63, 3.8) is 0 Å². The van der Waals surface area contributed by atoms with Crippen molar-refractivity contribution in [3.05, 3.63) is 69.4 Å². The van der Waals surface area contributed by atoms with Gasteiger partial charge < -0.3 is 14.6 Å². The van der Waals surface area contributed by atoms with Crippen LogP contribution < -0.4 is 4.74 Å². The Balaban J connectivity index is 1.34. The van der Waals surface area contributed by atoms with Gasteiger partial charge in [0.05, 0.1) is 23.5 Å². The van der Waals surface area contributed by atoms with Crippen LogP contribution in [-0.4, -0.2) is 34.4 Å². The number of hydrogen-bond acceptors (Lipinski definition) is 4. The number of aromatic nitrogens is 1. The summed E-state index contributed by atoms with van der Waals surface area (Å²) in [5.41, 5.74) is 4.00. The van der Waals surface area contributed by atoms with Gasteiger partial charge >= 0.3 is 0 Å². The number of H-pyrrole nitrogens is 1. The number of rotatable bonds is 4. The van der Waals surface area contributed by atoms with Gasteiger partial charge in [-0.05, 0) is 104 Å². The highest BCUT2D eigenvalue weighted by Crippen LogP contribution is 2.61. The summed E-state index contributed by atoms with van der Waals surface area (Å²) >= 11 is 0. The van der Waals surface area contributed by atoms with E-state index in [9.17, 15) is 14.9 Å². The Hall–Kier alpha value is -3.35. The minimum Gasteiger partial charge on any atom is -0.497 e. The lowest BCUT2D eigenvalue weighted by Gasteiger charge is -2.57. The first kappa shape index (κ1) is 21.9. The molecule has 36 heavy (non-hydrogen) atoms. The highest BCUT2D eigenvalue weighted by Gasteiger charge is 2.56. The van der Waals surface area contributed by atoms with Crippen LogP contribution in [0.25, 0.3) is 10.9 Å². The lowest BCUT2D eigenvalue weighted by atomic mass is 9.49. The molecule has 8 rings (SSSR count). The maximum atomic E-state index is 14.5. The number of amides is 1. The first-order chi connectivity index (χ1) is 17.4. The summed E-state index contributed by atoms with van der Waals surface area (Å²) in [5, 5.41) is 12.4. The number of methoxy groups -OCH3 is 1. The number of nitrogens with zero attached hydrogens (tertiary/aromatic N) is 2. The van der Waals surface area contributed by atoms with Gasteiger partial charge in [-0.15, -0.1) is 0 Å². The SMILES string of the molecule is COc1ccc2[nH]c3c(c2c1)CCN(C(=O)C12CC4CC(CC(C4)C1)C2)[C@@H]3c1ccc([N+](=O)[O-])cc1. The summed E-state index contributed by atoms with van der Waals surface area (Å²) in [4.78, 5) is 31.2. The monoisotopic (exact) mass is 485 g/mol. The van der Waals surface area contributed by atoms with Gasteiger partial charge in [-0.3, -0.25) is 14.9 Å². The first-order valence-electron chi connectivity index (χ1n) is 13.2. The molecular weight excluding hydrogens is 454 g/mol. The normalized spacial score (nSPS) is 30.4. The van der Waals surface area contributed by atoms with Gasteiger partial charge in [0, 0.05) is 35.3 Å². The second kappa shape index (κ2) is 7.82. The molecule has 1 aromatic heterocycles. The van der Waals surface area contributed by atoms with E-state index >= 15 is 0 Å². The Morgan fingerprint density at radius 2 is 1.72 bits per heavy atom. The van der Waals surface area contributed by atoms with Gasteiger partial charge in [-0.1, -0.05) is 0 Å². The summed E-state index contributed by atoms with van der Waals surface area (Å²) in [6.45, 7) is 0.652. The molecule has 0 radical (unpaired) electrons. The van der Waals surface area contributed by atoms with Gasteiger partial charge in [0.1, 0.15) is 5.75 Å². The van der Waals surface area contributed by atoms with Crippen molar-refractivity contribution in [2.24, 2.45) is 23.2 Å². The molecule has 4 aliphatic carbocycles. The van der Waals surface area contributed by atoms with E-state index in [1.165, 1.54) is 24.8 Å². The fourth-order valence-corrected chi connectivity index (χ4v) is 8.42. The molecule has 4 saturated carbocycles. The molecule has 4 fully saturated rings. The molecule has 0 unspecified atom stereocenters. The number of carbonyl (C=O) groups is 1. The van der Waals surface area contributed by atoms with Gasteiger partial charge in [0.25, 0.3) is 5.69 Å². The number of nitro benzene ring substituents is 1. The first-order valence-corrected chi connectivity index (χ1v) is 13.2. The number of benzene rings is 2. The Morgan fingerprint density at radius 3 is 2.33 bits per heavy atom. The minimum atomic E-state index is -0.371. The number of non-ortho nitro benzene ring substituents is 1. The summed E-state index contributed by atoms with van der Waals surface area (Å²) in [6, 6.07) is 12.5. The summed E-state index contributed by atoms with van der Waals surface area (Å²) < 4.78 is 5.48. The van der Waals surface area contributed by atoms with Gasteiger partial charge in [-0.25, -0.2) is 0 Å². The lowest BCUT2D eigenvalue weighted by molar-refractivity contribution is -0.384. The zero-order valence-electron chi connectivity index (χ0n) is 20.5. The maximum Gasteiger partial charge on any atom is 0.269 e. The van der Waals surface area contributed by atoms with Crippen molar-refractivity contribution in [2.45, 2.75) is 51.0 Å². The fourth-order valence-electron chi connectivity index (χ4n) is 8.42. The number of hydrogen-bond donors (Lipinski definition) is 1. The number of nitro groups is 1. The van der Waals surface area contributed by atoms with E-state index in [0.29, 0.717) is 30.2 Å². The highest BCUT2D eigenvalue weighted by atomic mass is 16.6. The third kappa shape index (κ3) is 3.21. The molecule has 3 aromatic rings. The van der Waals surface area contributed by atoms with E-state index in [1.54, 1.807) is 19.2 Å². The third-order valence-corrected chi connectivity index (χ3v) is 9.51. The van der Waals surface area contributed by atoms with E-state index in [2.05, 4.69) is 16.0 Å². The molecule has 7 heteroatoms. The van der Waals surface area contributed by atoms with E-state index < -0.39 is 0 Å². The largest absolute Gasteiger partial charge is 0.497 e. The van der Waals surface area contributed by atoms with Crippen molar-refractivity contribution in [2.75, 3.05) is 13.7 Å². The molecule has 0 saturated heterocycles. The van der Waals surface area contributed by atoms with Crippen LogP contribution in [0.15, 0.2) is 42.5 Å². The number of fused-ring (bicyclic) bond motifs is 3. The van der Waals surface area contributed by atoms with Gasteiger partial charge in [-0.2, -0.15) is 0 Å². The smallest absolute Gasteiger partial charge is 0.269 e. The molecule has 1 atom stereocenters. The van der Waals surface area contributed by atoms with Gasteiger partial charge in [0.15, 0.2) is 0 Å². The predicted molar refractivity (Wildman–Crippen MR) is 136 cm³/mol. The van der Waals surface area contributed by atoms with Crippen molar-refractivity contribution < 1.29 is 14.5 Å². The standard InChI is InChI=1S/C29H31N3O4/c1-36-22-6-7-25-24(13-22)23-8-9-31(27(26(23)30-25)20-2-4-21(5-3-20)32(34)35)28(33)29-14-17-10-18(15-29)12-19(11-17)16-29/h2-7,13,17-19,27,30H,8-12,14-16H2,1H3/t17?,18?,19?,27-,29?/m1/s1. The molecule has 1 aliphatic heterocycles. The van der Waals surface area contributed by atoms with Crippen molar-refractivity contribution in [3.8, 4) is 5.75 Å². The van der Waals surface area contributed by atoms with Crippen molar-refractivity contribution in [1.29, 1.82) is 0 Å². The Morgan fingerprint density at radius 1 is 1.06 bits per heavy atom. The second-order valence-electron chi connectivity index (χ2n) is 11.6. The maximum absolute atomic E-state index is 14.5. The molecule has 2 heterocycles. The molecule has 5 aliphatic rings. The molecule has 2 aromatic carbocycles. The second-order valence-corrected chi connectivity index (χ2v) is 11.6. The summed E-state index contributed by atoms with van der Waals surface area (Å²) in [5.74, 6) is 3.19. The minimum absolute atomic E-state index is 0.0649. The Labute approximate surface area is 210 Å². The van der Waals surface area contributed by atoms with Crippen LogP contribution in [-0.2, 0) is 11.2 Å². The molecule has 7 nitrogen and oxygen atoms in total. The quantitative estimate of drug-likeness (QED) is 0.375. The van der Waals surface area contributed by atoms with Crippen LogP contribution in [0.3, 0.4) is 0 Å². The summed E-state index contributed by atoms with van der Waals surface area (Å²) in [7, 11) is 1.67. The van der Waals surface area contributed by atoms with Crippen LogP contribution in [0.5, 0.6) is 5.75 Å². The van der Waals surface area contributed by atoms with E-state index in [4.69, 9.17) is 4.74 Å². The molecule has 1 amide bonds. The van der Waals surface area contributed by atoms with Gasteiger partial charge in [0.2, 0.25) is 5.91 Å². The van der Waals surface area contributed by atoms with Crippen LogP contribution in [0, 0.1) is 33.3 Å². The van der Waals surface area contributed by atoms with Crippen LogP contribution in [0.2, 0.25) is 0 Å². The average molecular weight is 486 g/mol. The zero-order valence-corrected chi connectivity index (χ0v) is 20.5.